The van der Waals surface area contributed by atoms with E-state index in [0.717, 1.165) is 11.3 Å². The van der Waals surface area contributed by atoms with Crippen LogP contribution in [0.2, 0.25) is 0 Å². The molecule has 0 saturated carbocycles. The minimum absolute atomic E-state index is 0.526. The van der Waals surface area contributed by atoms with E-state index in [0.29, 0.717) is 11.7 Å². The van der Waals surface area contributed by atoms with E-state index in [4.69, 9.17) is 9.62 Å². The molecule has 0 bridgehead atoms. The van der Waals surface area contributed by atoms with Gasteiger partial charge in [-0.3, -0.25) is 0 Å². The average molecular weight is 229 g/mol. The van der Waals surface area contributed by atoms with E-state index in [2.05, 4.69) is 31.1 Å². The van der Waals surface area contributed by atoms with Crippen LogP contribution in [0.4, 0.5) is 0 Å². The summed E-state index contributed by atoms with van der Waals surface area (Å²) in [4.78, 5) is 0. The number of oxime groups is 1. The summed E-state index contributed by atoms with van der Waals surface area (Å²) >= 11 is 0. The molecule has 2 aromatic rings. The van der Waals surface area contributed by atoms with Crippen molar-refractivity contribution >= 4 is 6.21 Å². The highest BCUT2D eigenvalue weighted by Crippen LogP contribution is 2.24. The Morgan fingerprint density at radius 3 is 2.41 bits per heavy atom. The molecular formula is C14H15NO2. The van der Waals surface area contributed by atoms with Crippen LogP contribution in [-0.4, -0.2) is 11.4 Å². The molecule has 0 amide bonds. The van der Waals surface area contributed by atoms with Crippen molar-refractivity contribution in [1.29, 1.82) is 0 Å². The fourth-order valence-corrected chi connectivity index (χ4v) is 1.67. The Labute approximate surface area is 100 Å². The van der Waals surface area contributed by atoms with E-state index in [1.807, 2.05) is 18.2 Å². The molecule has 0 unspecified atom stereocenters. The van der Waals surface area contributed by atoms with Gasteiger partial charge in [-0.2, -0.15) is 0 Å². The van der Waals surface area contributed by atoms with Crippen LogP contribution in [-0.2, 0) is 0 Å². The number of benzene rings is 1. The third-order valence-corrected chi connectivity index (χ3v) is 2.67. The summed E-state index contributed by atoms with van der Waals surface area (Å²) in [6.45, 7) is 4.33. The van der Waals surface area contributed by atoms with Crippen molar-refractivity contribution in [3.8, 4) is 11.3 Å². The number of furan rings is 1. The Morgan fingerprint density at radius 1 is 1.12 bits per heavy atom. The van der Waals surface area contributed by atoms with Crippen LogP contribution < -0.4 is 0 Å². The van der Waals surface area contributed by atoms with Gasteiger partial charge in [0, 0.05) is 5.56 Å². The molecule has 0 fully saturated rings. The van der Waals surface area contributed by atoms with Crippen molar-refractivity contribution in [2.24, 2.45) is 5.16 Å². The fraction of sp³-hybridized carbons (Fsp3) is 0.214. The zero-order valence-corrected chi connectivity index (χ0v) is 9.92. The molecule has 0 saturated heterocycles. The molecule has 0 aliphatic heterocycles. The molecule has 0 aliphatic rings. The van der Waals surface area contributed by atoms with Crippen molar-refractivity contribution < 1.29 is 9.62 Å². The molecular weight excluding hydrogens is 214 g/mol. The maximum absolute atomic E-state index is 8.41. The van der Waals surface area contributed by atoms with Gasteiger partial charge in [-0.1, -0.05) is 43.3 Å². The van der Waals surface area contributed by atoms with Gasteiger partial charge >= 0.3 is 0 Å². The second kappa shape index (κ2) is 4.87. The number of nitrogens with zero attached hydrogens (tertiary/aromatic N) is 1. The molecule has 1 aromatic carbocycles. The largest absolute Gasteiger partial charge is 0.455 e. The molecule has 1 heterocycles. The maximum Gasteiger partial charge on any atom is 0.149 e. The highest BCUT2D eigenvalue weighted by atomic mass is 16.4. The Kier molecular flexibility index (Phi) is 3.28. The van der Waals surface area contributed by atoms with Gasteiger partial charge in [-0.15, -0.1) is 0 Å². The lowest BCUT2D eigenvalue weighted by Crippen LogP contribution is -1.86. The minimum Gasteiger partial charge on any atom is -0.455 e. The van der Waals surface area contributed by atoms with E-state index in [1.54, 1.807) is 6.07 Å². The number of hydrogen-bond acceptors (Lipinski definition) is 3. The molecule has 0 aliphatic carbocycles. The van der Waals surface area contributed by atoms with Crippen LogP contribution in [0.1, 0.15) is 31.1 Å². The summed E-state index contributed by atoms with van der Waals surface area (Å²) < 4.78 is 5.50. The Hall–Kier alpha value is -2.03. The van der Waals surface area contributed by atoms with Crippen molar-refractivity contribution in [2.75, 3.05) is 0 Å². The summed E-state index contributed by atoms with van der Waals surface area (Å²) in [5.74, 6) is 1.84. The standard InChI is InChI=1S/C14H15NO2/c1-10(2)11-3-5-12(6-4-11)14-8-7-13(17-14)9-15-16/h3-10,16H,1-2H3. The molecule has 0 spiro atoms. The predicted molar refractivity (Wildman–Crippen MR) is 67.6 cm³/mol. The van der Waals surface area contributed by atoms with Gasteiger partial charge in [-0.05, 0) is 23.6 Å². The smallest absolute Gasteiger partial charge is 0.149 e. The lowest BCUT2D eigenvalue weighted by atomic mass is 10.0. The van der Waals surface area contributed by atoms with Crippen LogP contribution in [0.25, 0.3) is 11.3 Å². The molecule has 17 heavy (non-hydrogen) atoms. The number of hydrogen-bond donors (Lipinski definition) is 1. The quantitative estimate of drug-likeness (QED) is 0.493. The molecule has 1 aromatic heterocycles. The third kappa shape index (κ3) is 2.56. The van der Waals surface area contributed by atoms with Crippen LogP contribution in [0.15, 0.2) is 46.0 Å². The monoisotopic (exact) mass is 229 g/mol. The van der Waals surface area contributed by atoms with Crippen LogP contribution in [0.3, 0.4) is 0 Å². The SMILES string of the molecule is CC(C)c1ccc(-c2ccc(C=NO)o2)cc1. The van der Waals surface area contributed by atoms with E-state index >= 15 is 0 Å². The van der Waals surface area contributed by atoms with Gasteiger partial charge in [-0.25, -0.2) is 0 Å². The fourth-order valence-electron chi connectivity index (χ4n) is 1.67. The second-order valence-electron chi connectivity index (χ2n) is 4.22. The zero-order chi connectivity index (χ0) is 12.3. The lowest BCUT2D eigenvalue weighted by Gasteiger charge is -2.05. The van der Waals surface area contributed by atoms with Crippen LogP contribution in [0, 0.1) is 0 Å². The average Bonchev–Trinajstić information content (AvgIpc) is 2.78. The highest BCUT2D eigenvalue weighted by Gasteiger charge is 2.04. The van der Waals surface area contributed by atoms with Crippen molar-refractivity contribution in [2.45, 2.75) is 19.8 Å². The molecule has 3 heteroatoms. The third-order valence-electron chi connectivity index (χ3n) is 2.67. The van der Waals surface area contributed by atoms with Crippen LogP contribution >= 0.6 is 0 Å². The van der Waals surface area contributed by atoms with Gasteiger partial charge < -0.3 is 9.62 Å². The Morgan fingerprint density at radius 2 is 1.82 bits per heavy atom. The van der Waals surface area contributed by atoms with Gasteiger partial charge in [0.05, 0.1) is 0 Å². The molecule has 3 nitrogen and oxygen atoms in total. The first-order chi connectivity index (χ1) is 8.20. The first kappa shape index (κ1) is 11.5. The first-order valence-electron chi connectivity index (χ1n) is 5.58. The second-order valence-corrected chi connectivity index (χ2v) is 4.22. The molecule has 88 valence electrons. The highest BCUT2D eigenvalue weighted by molar-refractivity contribution is 5.76. The normalized spacial score (nSPS) is 11.5. The molecule has 0 atom stereocenters. The van der Waals surface area contributed by atoms with Gasteiger partial charge in [0.15, 0.2) is 0 Å². The van der Waals surface area contributed by atoms with E-state index in [1.165, 1.54) is 11.8 Å². The van der Waals surface area contributed by atoms with Gasteiger partial charge in [0.1, 0.15) is 17.7 Å². The summed E-state index contributed by atoms with van der Waals surface area (Å²) in [6.07, 6.45) is 1.27. The summed E-state index contributed by atoms with van der Waals surface area (Å²) in [5.41, 5.74) is 2.32. The van der Waals surface area contributed by atoms with E-state index in [-0.39, 0.29) is 0 Å². The van der Waals surface area contributed by atoms with E-state index in [9.17, 15) is 0 Å². The summed E-state index contributed by atoms with van der Waals surface area (Å²) in [6, 6.07) is 11.9. The summed E-state index contributed by atoms with van der Waals surface area (Å²) in [5, 5.41) is 11.3. The van der Waals surface area contributed by atoms with Gasteiger partial charge in [0.2, 0.25) is 0 Å². The first-order valence-corrected chi connectivity index (χ1v) is 5.58. The number of rotatable bonds is 3. The van der Waals surface area contributed by atoms with Crippen molar-refractivity contribution in [3.05, 3.63) is 47.7 Å². The molecule has 2 rings (SSSR count). The van der Waals surface area contributed by atoms with Crippen molar-refractivity contribution in [1.82, 2.24) is 0 Å². The molecule has 1 N–H and O–H groups in total. The van der Waals surface area contributed by atoms with Crippen LogP contribution in [0.5, 0.6) is 0 Å². The van der Waals surface area contributed by atoms with Gasteiger partial charge in [0.25, 0.3) is 0 Å². The Balaban J connectivity index is 2.26. The van der Waals surface area contributed by atoms with E-state index < -0.39 is 0 Å². The Bertz CT molecular complexity index is 509. The molecule has 0 radical (unpaired) electrons. The summed E-state index contributed by atoms with van der Waals surface area (Å²) in [7, 11) is 0. The lowest BCUT2D eigenvalue weighted by molar-refractivity contribution is 0.321. The zero-order valence-electron chi connectivity index (χ0n) is 9.92. The predicted octanol–water partition coefficient (Wildman–Crippen LogP) is 3.88. The topological polar surface area (TPSA) is 45.7 Å². The maximum atomic E-state index is 8.41. The minimum atomic E-state index is 0.526. The van der Waals surface area contributed by atoms with Crippen molar-refractivity contribution in [3.63, 3.8) is 0 Å².